The molecule has 0 aliphatic rings. The van der Waals surface area contributed by atoms with Gasteiger partial charge in [-0.15, -0.1) is 0 Å². The van der Waals surface area contributed by atoms with Crippen molar-refractivity contribution in [2.45, 2.75) is 6.92 Å². The molecule has 0 saturated carbocycles. The number of aromatic hydroxyl groups is 1. The van der Waals surface area contributed by atoms with Crippen molar-refractivity contribution in [3.63, 3.8) is 0 Å². The summed E-state index contributed by atoms with van der Waals surface area (Å²) in [5.74, 6) is 0.666. The van der Waals surface area contributed by atoms with Gasteiger partial charge >= 0.3 is 0 Å². The zero-order chi connectivity index (χ0) is 8.97. The first-order valence-corrected chi connectivity index (χ1v) is 3.75. The van der Waals surface area contributed by atoms with Crippen molar-refractivity contribution in [2.75, 3.05) is 6.61 Å². The van der Waals surface area contributed by atoms with Gasteiger partial charge in [0.25, 0.3) is 0 Å². The maximum absolute atomic E-state index is 9.27. The average molecular weight is 194 g/mol. The molecule has 1 aromatic rings. The molecule has 0 saturated heterocycles. The Morgan fingerprint density at radius 1 is 1.46 bits per heavy atom. The molecule has 70 valence electrons. The molecule has 0 amide bonds. The van der Waals surface area contributed by atoms with Crippen molar-refractivity contribution in [3.8, 4) is 11.5 Å². The first-order chi connectivity index (χ1) is 5.70. The van der Waals surface area contributed by atoms with Crippen molar-refractivity contribution >= 4 is 17.4 Å². The highest BCUT2D eigenvalue weighted by molar-refractivity contribution is 5.75. The van der Waals surface area contributed by atoms with E-state index in [4.69, 9.17) is 4.74 Å². The molecule has 0 atom stereocenters. The van der Waals surface area contributed by atoms with Gasteiger partial charge in [-0.3, -0.25) is 0 Å². The summed E-state index contributed by atoms with van der Waals surface area (Å²) in [6, 6.07) is 6.88. The summed E-state index contributed by atoms with van der Waals surface area (Å²) in [4.78, 5) is 0. The number of hydrogen-bond acceptors (Lipinski definition) is 2. The van der Waals surface area contributed by atoms with Crippen LogP contribution in [0.25, 0.3) is 0 Å². The van der Waals surface area contributed by atoms with Crippen LogP contribution in [0, 0.1) is 0 Å². The third kappa shape index (κ3) is 4.03. The van der Waals surface area contributed by atoms with Gasteiger partial charge in [0.2, 0.25) is 0 Å². The van der Waals surface area contributed by atoms with Crippen molar-refractivity contribution in [1.29, 1.82) is 0 Å². The molecule has 0 bridgehead atoms. The van der Waals surface area contributed by atoms with Crippen LogP contribution in [0.3, 0.4) is 0 Å². The second-order valence-corrected chi connectivity index (χ2v) is 2.71. The number of rotatable bonds is 3. The van der Waals surface area contributed by atoms with Gasteiger partial charge < -0.3 is 9.84 Å². The minimum absolute atomic E-state index is 0. The van der Waals surface area contributed by atoms with Gasteiger partial charge in [-0.05, 0) is 24.6 Å². The van der Waals surface area contributed by atoms with Crippen LogP contribution in [0.5, 0.6) is 11.5 Å². The quantitative estimate of drug-likeness (QED) is 0.578. The summed E-state index contributed by atoms with van der Waals surface area (Å²) in [6.07, 6.45) is 0. The molecule has 0 unspecified atom stereocenters. The first-order valence-electron chi connectivity index (χ1n) is 3.75. The van der Waals surface area contributed by atoms with Gasteiger partial charge in [0.1, 0.15) is 6.61 Å². The molecular weight excluding hydrogens is 179 g/mol. The zero-order valence-electron chi connectivity index (χ0n) is 7.08. The van der Waals surface area contributed by atoms with Gasteiger partial charge in [-0.1, -0.05) is 18.7 Å². The largest absolute Gasteiger partial charge is 0.504 e. The number of phenols is 1. The summed E-state index contributed by atoms with van der Waals surface area (Å²) < 4.78 is 5.25. The van der Waals surface area contributed by atoms with E-state index >= 15 is 0 Å². The van der Waals surface area contributed by atoms with Gasteiger partial charge in [-0.2, -0.15) is 0 Å². The van der Waals surface area contributed by atoms with E-state index in [0.717, 1.165) is 5.57 Å². The summed E-state index contributed by atoms with van der Waals surface area (Å²) in [5.41, 5.74) is 0.929. The van der Waals surface area contributed by atoms with Crippen LogP contribution in [-0.2, 0) is 0 Å². The van der Waals surface area contributed by atoms with Gasteiger partial charge in [0.05, 0.1) is 0 Å². The molecule has 13 heavy (non-hydrogen) atoms. The minimum atomic E-state index is 0. The molecule has 0 aromatic heterocycles. The van der Waals surface area contributed by atoms with Crippen LogP contribution >= 0.6 is 0 Å². The van der Waals surface area contributed by atoms with E-state index in [2.05, 4.69) is 6.58 Å². The van der Waals surface area contributed by atoms with Crippen molar-refractivity contribution in [3.05, 3.63) is 36.4 Å². The first kappa shape index (κ1) is 12.1. The monoisotopic (exact) mass is 194 g/mol. The standard InChI is InChI=1S/C10H12O2.Al.3H/c1-8(2)7-12-10-6-4-3-5-9(10)11;;;;/h3-6,11H,1,7H2,2H3;;;;. The molecule has 1 aromatic carbocycles. The highest BCUT2D eigenvalue weighted by atomic mass is 27.0. The summed E-state index contributed by atoms with van der Waals surface area (Å²) in [7, 11) is 0. The van der Waals surface area contributed by atoms with Crippen molar-refractivity contribution in [2.24, 2.45) is 0 Å². The van der Waals surface area contributed by atoms with Crippen LogP contribution in [0.2, 0.25) is 0 Å². The summed E-state index contributed by atoms with van der Waals surface area (Å²) in [6.45, 7) is 6.01. The zero-order valence-corrected chi connectivity index (χ0v) is 7.08. The Balaban J connectivity index is 0.00000144. The molecule has 2 nitrogen and oxygen atoms in total. The van der Waals surface area contributed by atoms with Crippen LogP contribution in [0.1, 0.15) is 6.92 Å². The normalized spacial score (nSPS) is 8.69. The van der Waals surface area contributed by atoms with E-state index in [1.54, 1.807) is 18.2 Å². The summed E-state index contributed by atoms with van der Waals surface area (Å²) in [5, 5.41) is 9.27. The van der Waals surface area contributed by atoms with Gasteiger partial charge in [0, 0.05) is 0 Å². The van der Waals surface area contributed by atoms with Crippen LogP contribution in [0.15, 0.2) is 36.4 Å². The van der Waals surface area contributed by atoms with E-state index < -0.39 is 0 Å². The van der Waals surface area contributed by atoms with E-state index in [9.17, 15) is 5.11 Å². The Bertz CT molecular complexity index is 284. The molecule has 0 spiro atoms. The molecule has 1 N–H and O–H groups in total. The predicted octanol–water partition coefficient (Wildman–Crippen LogP) is 1.16. The number of para-hydroxylation sites is 2. The lowest BCUT2D eigenvalue weighted by atomic mass is 10.3. The number of phenolic OH excluding ortho intramolecular Hbond substituents is 1. The molecule has 3 heteroatoms. The van der Waals surface area contributed by atoms with E-state index in [1.807, 2.05) is 13.0 Å². The molecule has 0 aliphatic heterocycles. The van der Waals surface area contributed by atoms with Crippen molar-refractivity contribution < 1.29 is 9.84 Å². The van der Waals surface area contributed by atoms with Crippen molar-refractivity contribution in [1.82, 2.24) is 0 Å². The van der Waals surface area contributed by atoms with E-state index in [0.29, 0.717) is 12.4 Å². The average Bonchev–Trinajstić information content (AvgIpc) is 2.03. The minimum Gasteiger partial charge on any atom is -0.504 e. The molecule has 0 radical (unpaired) electrons. The van der Waals surface area contributed by atoms with Crippen LogP contribution < -0.4 is 4.74 Å². The Morgan fingerprint density at radius 2 is 2.08 bits per heavy atom. The molecule has 0 fully saturated rings. The fraction of sp³-hybridized carbons (Fsp3) is 0.200. The smallest absolute Gasteiger partial charge is 0.187 e. The Kier molecular flexibility index (Phi) is 5.29. The Morgan fingerprint density at radius 3 is 2.62 bits per heavy atom. The topological polar surface area (TPSA) is 29.5 Å². The maximum Gasteiger partial charge on any atom is 0.187 e. The fourth-order valence-corrected chi connectivity index (χ4v) is 0.780. The Labute approximate surface area is 89.0 Å². The third-order valence-corrected chi connectivity index (χ3v) is 1.34. The fourth-order valence-electron chi connectivity index (χ4n) is 0.780. The lowest BCUT2D eigenvalue weighted by Gasteiger charge is -2.06. The lowest BCUT2D eigenvalue weighted by molar-refractivity contribution is 0.328. The van der Waals surface area contributed by atoms with E-state index in [1.165, 1.54) is 0 Å². The van der Waals surface area contributed by atoms with Gasteiger partial charge in [-0.25, -0.2) is 0 Å². The number of benzene rings is 1. The maximum atomic E-state index is 9.27. The van der Waals surface area contributed by atoms with Crippen LogP contribution in [0.4, 0.5) is 0 Å². The second kappa shape index (κ2) is 5.69. The van der Waals surface area contributed by atoms with E-state index in [-0.39, 0.29) is 23.1 Å². The highest BCUT2D eigenvalue weighted by Crippen LogP contribution is 2.24. The van der Waals surface area contributed by atoms with Gasteiger partial charge in [0.15, 0.2) is 28.9 Å². The SMILES string of the molecule is C=C(C)COc1ccccc1O.[AlH3]. The predicted molar refractivity (Wildman–Crippen MR) is 58.4 cm³/mol. The Hall–Kier alpha value is -0.908. The molecule has 0 heterocycles. The highest BCUT2D eigenvalue weighted by Gasteiger charge is 1.98. The third-order valence-electron chi connectivity index (χ3n) is 1.34. The molecule has 1 rings (SSSR count). The molecular formula is C10H15AlO2. The second-order valence-electron chi connectivity index (χ2n) is 2.71. The number of hydrogen-bond donors (Lipinski definition) is 1. The molecule has 0 aliphatic carbocycles. The lowest BCUT2D eigenvalue weighted by Crippen LogP contribution is -1.97. The summed E-state index contributed by atoms with van der Waals surface area (Å²) >= 11 is 0. The van der Waals surface area contributed by atoms with Crippen LogP contribution in [-0.4, -0.2) is 29.1 Å². The number of ether oxygens (including phenoxy) is 1.